The first-order valence-corrected chi connectivity index (χ1v) is 10.0. The number of benzene rings is 1. The molecule has 0 bridgehead atoms. The fourth-order valence-electron chi connectivity index (χ4n) is 3.51. The minimum Gasteiger partial charge on any atom is -0.495 e. The van der Waals surface area contributed by atoms with E-state index in [1.165, 1.54) is 34.5 Å². The van der Waals surface area contributed by atoms with Crippen molar-refractivity contribution in [1.29, 1.82) is 0 Å². The van der Waals surface area contributed by atoms with Crippen LogP contribution in [0, 0.1) is 0 Å². The van der Waals surface area contributed by atoms with Crippen LogP contribution in [0.2, 0.25) is 0 Å². The summed E-state index contributed by atoms with van der Waals surface area (Å²) in [6.07, 6.45) is 2.61. The lowest BCUT2D eigenvalue weighted by atomic mass is 10.1. The lowest BCUT2D eigenvalue weighted by Crippen LogP contribution is -2.40. The summed E-state index contributed by atoms with van der Waals surface area (Å²) in [5, 5.41) is 9.27. The summed E-state index contributed by atoms with van der Waals surface area (Å²) in [6, 6.07) is 3.35. The highest BCUT2D eigenvalue weighted by Crippen LogP contribution is 2.31. The number of carbonyl (C=O) groups is 2. The van der Waals surface area contributed by atoms with Crippen molar-refractivity contribution in [1.82, 2.24) is 9.21 Å². The molecule has 0 spiro atoms. The number of nitrogens with zero attached hydrogens (tertiary/aromatic N) is 2. The number of hydrogen-bond acceptors (Lipinski definition) is 5. The minimum absolute atomic E-state index is 0.0566. The van der Waals surface area contributed by atoms with Crippen LogP contribution >= 0.6 is 0 Å². The molecule has 2 saturated heterocycles. The number of aliphatic carboxylic acids is 1. The van der Waals surface area contributed by atoms with Gasteiger partial charge in [-0.1, -0.05) is 0 Å². The molecule has 1 aromatic carbocycles. The second-order valence-corrected chi connectivity index (χ2v) is 8.38. The van der Waals surface area contributed by atoms with Gasteiger partial charge in [0.05, 0.1) is 7.11 Å². The van der Waals surface area contributed by atoms with Crippen LogP contribution in [-0.2, 0) is 14.8 Å². The smallest absolute Gasteiger partial charge is 0.326 e. The van der Waals surface area contributed by atoms with E-state index in [1.54, 1.807) is 0 Å². The van der Waals surface area contributed by atoms with Crippen LogP contribution in [0.3, 0.4) is 0 Å². The van der Waals surface area contributed by atoms with Gasteiger partial charge in [0, 0.05) is 25.2 Å². The summed E-state index contributed by atoms with van der Waals surface area (Å²) in [5.74, 6) is -1.35. The van der Waals surface area contributed by atoms with Crippen molar-refractivity contribution >= 4 is 21.9 Å². The molecule has 2 aliphatic heterocycles. The molecule has 142 valence electrons. The van der Waals surface area contributed by atoms with Crippen molar-refractivity contribution in [2.45, 2.75) is 36.6 Å². The third kappa shape index (κ3) is 3.28. The molecule has 1 N–H and O–H groups in total. The third-order valence-electron chi connectivity index (χ3n) is 4.89. The van der Waals surface area contributed by atoms with Crippen molar-refractivity contribution in [2.24, 2.45) is 0 Å². The number of sulfonamides is 1. The molecule has 9 heteroatoms. The molecule has 1 amide bonds. The summed E-state index contributed by atoms with van der Waals surface area (Å²) >= 11 is 0. The van der Waals surface area contributed by atoms with Gasteiger partial charge in [-0.15, -0.1) is 0 Å². The van der Waals surface area contributed by atoms with Gasteiger partial charge in [-0.3, -0.25) is 4.79 Å². The first-order valence-electron chi connectivity index (χ1n) is 8.58. The average molecular weight is 382 g/mol. The fraction of sp³-hybridized carbons (Fsp3) is 0.529. The van der Waals surface area contributed by atoms with Crippen LogP contribution in [0.5, 0.6) is 5.75 Å². The Hall–Kier alpha value is -2.13. The Labute approximate surface area is 152 Å². The standard InChI is InChI=1S/C17H22N2O6S/c1-25-14-7-6-12(16(20)19-10-4-5-13(19)17(21)22)11-15(14)26(23,24)18-8-2-3-9-18/h6-7,11,13H,2-5,8-10H2,1H3,(H,21,22)/t13-/m0/s1. The highest BCUT2D eigenvalue weighted by Gasteiger charge is 2.36. The maximum atomic E-state index is 12.9. The maximum Gasteiger partial charge on any atom is 0.326 e. The van der Waals surface area contributed by atoms with Crippen LogP contribution in [0.15, 0.2) is 23.1 Å². The Balaban J connectivity index is 1.97. The molecule has 0 unspecified atom stereocenters. The van der Waals surface area contributed by atoms with E-state index in [0.29, 0.717) is 32.5 Å². The molecule has 2 heterocycles. The Bertz CT molecular complexity index is 817. The zero-order valence-electron chi connectivity index (χ0n) is 14.6. The van der Waals surface area contributed by atoms with E-state index in [-0.39, 0.29) is 16.2 Å². The van der Waals surface area contributed by atoms with Gasteiger partial charge in [0.1, 0.15) is 16.7 Å². The summed E-state index contributed by atoms with van der Waals surface area (Å²) in [4.78, 5) is 25.3. The number of hydrogen-bond donors (Lipinski definition) is 1. The number of likely N-dealkylation sites (tertiary alicyclic amines) is 1. The molecule has 1 aromatic rings. The van der Waals surface area contributed by atoms with Gasteiger partial charge in [0.2, 0.25) is 10.0 Å². The Morgan fingerprint density at radius 1 is 1.15 bits per heavy atom. The molecule has 2 aliphatic rings. The third-order valence-corrected chi connectivity index (χ3v) is 6.81. The number of rotatable bonds is 5. The van der Waals surface area contributed by atoms with Crippen LogP contribution in [0.4, 0.5) is 0 Å². The minimum atomic E-state index is -3.77. The number of carbonyl (C=O) groups excluding carboxylic acids is 1. The van der Waals surface area contributed by atoms with Gasteiger partial charge >= 0.3 is 5.97 Å². The number of methoxy groups -OCH3 is 1. The monoisotopic (exact) mass is 382 g/mol. The molecular weight excluding hydrogens is 360 g/mol. The van der Waals surface area contributed by atoms with Gasteiger partial charge in [0.15, 0.2) is 0 Å². The van der Waals surface area contributed by atoms with E-state index in [4.69, 9.17) is 4.74 Å². The SMILES string of the molecule is COc1ccc(C(=O)N2CCC[C@H]2C(=O)O)cc1S(=O)(=O)N1CCCC1. The van der Waals surface area contributed by atoms with Crippen molar-refractivity contribution in [3.8, 4) is 5.75 Å². The van der Waals surface area contributed by atoms with Gasteiger partial charge < -0.3 is 14.7 Å². The van der Waals surface area contributed by atoms with E-state index in [2.05, 4.69) is 0 Å². The van der Waals surface area contributed by atoms with E-state index in [0.717, 1.165) is 12.8 Å². The van der Waals surface area contributed by atoms with E-state index in [1.807, 2.05) is 0 Å². The lowest BCUT2D eigenvalue weighted by molar-refractivity contribution is -0.141. The van der Waals surface area contributed by atoms with Crippen molar-refractivity contribution in [3.05, 3.63) is 23.8 Å². The highest BCUT2D eigenvalue weighted by atomic mass is 32.2. The molecular formula is C17H22N2O6S. The fourth-order valence-corrected chi connectivity index (χ4v) is 5.21. The van der Waals surface area contributed by atoms with E-state index in [9.17, 15) is 23.1 Å². The highest BCUT2D eigenvalue weighted by molar-refractivity contribution is 7.89. The van der Waals surface area contributed by atoms with E-state index >= 15 is 0 Å². The van der Waals surface area contributed by atoms with Crippen LogP contribution in [0.25, 0.3) is 0 Å². The Morgan fingerprint density at radius 3 is 2.46 bits per heavy atom. The average Bonchev–Trinajstić information content (AvgIpc) is 3.32. The van der Waals surface area contributed by atoms with Crippen LogP contribution < -0.4 is 4.74 Å². The second-order valence-electron chi connectivity index (χ2n) is 6.47. The number of carboxylic acids is 1. The molecule has 0 aromatic heterocycles. The Kier molecular flexibility index (Phi) is 5.19. The maximum absolute atomic E-state index is 12.9. The molecule has 26 heavy (non-hydrogen) atoms. The molecule has 2 fully saturated rings. The van der Waals surface area contributed by atoms with Crippen molar-refractivity contribution < 1.29 is 27.9 Å². The lowest BCUT2D eigenvalue weighted by Gasteiger charge is -2.23. The van der Waals surface area contributed by atoms with Gasteiger partial charge in [0.25, 0.3) is 5.91 Å². The van der Waals surface area contributed by atoms with Gasteiger partial charge in [-0.25, -0.2) is 13.2 Å². The van der Waals surface area contributed by atoms with Crippen LogP contribution in [0.1, 0.15) is 36.0 Å². The topological polar surface area (TPSA) is 104 Å². The molecule has 3 rings (SSSR count). The first kappa shape index (κ1) is 18.7. The number of amides is 1. The summed E-state index contributed by atoms with van der Waals surface area (Å²) in [5.41, 5.74) is 0.150. The van der Waals surface area contributed by atoms with Crippen LogP contribution in [-0.4, -0.2) is 67.4 Å². The number of ether oxygens (including phenoxy) is 1. The summed E-state index contributed by atoms with van der Waals surface area (Å²) < 4.78 is 32.4. The molecule has 0 saturated carbocycles. The first-order chi connectivity index (χ1) is 12.4. The normalized spacial score (nSPS) is 21.1. The predicted octanol–water partition coefficient (Wildman–Crippen LogP) is 1.17. The van der Waals surface area contributed by atoms with Crippen molar-refractivity contribution in [3.63, 3.8) is 0 Å². The quantitative estimate of drug-likeness (QED) is 0.820. The number of carboxylic acid groups (broad SMARTS) is 1. The zero-order valence-corrected chi connectivity index (χ0v) is 15.4. The zero-order chi connectivity index (χ0) is 18.9. The van der Waals surface area contributed by atoms with Gasteiger partial charge in [-0.05, 0) is 43.9 Å². The summed E-state index contributed by atoms with van der Waals surface area (Å²) in [6.45, 7) is 1.23. The second kappa shape index (κ2) is 7.24. The molecule has 0 radical (unpaired) electrons. The van der Waals surface area contributed by atoms with Gasteiger partial charge in [-0.2, -0.15) is 4.31 Å². The molecule has 8 nitrogen and oxygen atoms in total. The van der Waals surface area contributed by atoms with E-state index < -0.39 is 27.9 Å². The predicted molar refractivity (Wildman–Crippen MR) is 92.7 cm³/mol. The molecule has 0 aliphatic carbocycles. The summed E-state index contributed by atoms with van der Waals surface area (Å²) in [7, 11) is -2.39. The Morgan fingerprint density at radius 2 is 1.85 bits per heavy atom. The van der Waals surface area contributed by atoms with Crippen molar-refractivity contribution in [2.75, 3.05) is 26.7 Å². The largest absolute Gasteiger partial charge is 0.495 e. The molecule has 1 atom stereocenters.